The summed E-state index contributed by atoms with van der Waals surface area (Å²) in [6.07, 6.45) is 5.33. The average molecular weight is 330 g/mol. The molecule has 0 bridgehead atoms. The molecule has 1 heterocycles. The molecule has 0 aliphatic carbocycles. The van der Waals surface area contributed by atoms with Gasteiger partial charge in [-0.1, -0.05) is 23.6 Å². The maximum absolute atomic E-state index is 13.3. The summed E-state index contributed by atoms with van der Waals surface area (Å²) in [6, 6.07) is 11.2. The molecule has 0 atom stereocenters. The molecular formula is C17H9ClFNOS. The summed E-state index contributed by atoms with van der Waals surface area (Å²) in [5.74, 6) is 1.79. The normalized spacial score (nSPS) is 10.4. The van der Waals surface area contributed by atoms with Gasteiger partial charge in [-0.05, 0) is 36.4 Å². The van der Waals surface area contributed by atoms with Gasteiger partial charge in [0.2, 0.25) is 0 Å². The summed E-state index contributed by atoms with van der Waals surface area (Å²) in [5, 5.41) is 3.73. The molecule has 1 aromatic heterocycles. The summed E-state index contributed by atoms with van der Waals surface area (Å²) in [5.41, 5.74) is 1.25. The van der Waals surface area contributed by atoms with Crippen molar-refractivity contribution in [3.63, 3.8) is 0 Å². The van der Waals surface area contributed by atoms with E-state index in [9.17, 15) is 9.18 Å². The standard InChI is InChI=1S/C17H9ClFNOS/c1-2-10-4-3-5-12(8-10)20-17(21)16-15(18)13-7-6-11(19)9-14(13)22-16/h1,3-9H,(H,20,21). The van der Waals surface area contributed by atoms with Crippen LogP contribution in [0.3, 0.4) is 0 Å². The Balaban J connectivity index is 1.95. The number of carbonyl (C=O) groups is 1. The molecule has 3 rings (SSSR count). The summed E-state index contributed by atoms with van der Waals surface area (Å²) < 4.78 is 13.9. The van der Waals surface area contributed by atoms with Crippen LogP contribution in [0.4, 0.5) is 10.1 Å². The van der Waals surface area contributed by atoms with Crippen molar-refractivity contribution in [2.75, 3.05) is 5.32 Å². The van der Waals surface area contributed by atoms with Gasteiger partial charge in [0.1, 0.15) is 10.7 Å². The van der Waals surface area contributed by atoms with E-state index in [1.807, 2.05) is 0 Å². The monoisotopic (exact) mass is 329 g/mol. The van der Waals surface area contributed by atoms with Crippen molar-refractivity contribution >= 4 is 44.6 Å². The minimum atomic E-state index is -0.362. The van der Waals surface area contributed by atoms with Gasteiger partial charge < -0.3 is 5.32 Å². The first-order chi connectivity index (χ1) is 10.6. The second kappa shape index (κ2) is 5.80. The van der Waals surface area contributed by atoms with Crippen LogP contribution >= 0.6 is 22.9 Å². The van der Waals surface area contributed by atoms with Gasteiger partial charge in [-0.3, -0.25) is 4.79 Å². The molecule has 0 saturated heterocycles. The molecule has 1 N–H and O–H groups in total. The highest BCUT2D eigenvalue weighted by atomic mass is 35.5. The molecule has 108 valence electrons. The zero-order chi connectivity index (χ0) is 15.7. The van der Waals surface area contributed by atoms with Crippen molar-refractivity contribution in [2.24, 2.45) is 0 Å². The molecule has 0 radical (unpaired) electrons. The highest BCUT2D eigenvalue weighted by Crippen LogP contribution is 2.36. The van der Waals surface area contributed by atoms with E-state index in [-0.39, 0.29) is 11.7 Å². The second-order valence-corrected chi connectivity index (χ2v) is 6.00. The molecule has 2 aromatic carbocycles. The predicted octanol–water partition coefficient (Wildman–Crippen LogP) is 4.93. The molecule has 22 heavy (non-hydrogen) atoms. The Kier molecular flexibility index (Phi) is 3.84. The van der Waals surface area contributed by atoms with Gasteiger partial charge in [0.15, 0.2) is 0 Å². The van der Waals surface area contributed by atoms with Crippen LogP contribution in [-0.2, 0) is 0 Å². The molecule has 0 spiro atoms. The third kappa shape index (κ3) is 2.69. The topological polar surface area (TPSA) is 29.1 Å². The summed E-state index contributed by atoms with van der Waals surface area (Å²) in [4.78, 5) is 12.7. The van der Waals surface area contributed by atoms with E-state index in [1.54, 1.807) is 30.3 Å². The zero-order valence-corrected chi connectivity index (χ0v) is 12.8. The number of benzene rings is 2. The first-order valence-corrected chi connectivity index (χ1v) is 7.53. The van der Waals surface area contributed by atoms with E-state index in [2.05, 4.69) is 11.2 Å². The van der Waals surface area contributed by atoms with Crippen LogP contribution in [0.25, 0.3) is 10.1 Å². The molecule has 0 aliphatic heterocycles. The maximum atomic E-state index is 13.3. The van der Waals surface area contributed by atoms with Gasteiger partial charge in [-0.2, -0.15) is 0 Å². The molecule has 3 aromatic rings. The van der Waals surface area contributed by atoms with Crippen LogP contribution in [0, 0.1) is 18.2 Å². The number of rotatable bonds is 2. The van der Waals surface area contributed by atoms with E-state index in [1.165, 1.54) is 12.1 Å². The fourth-order valence-corrected chi connectivity index (χ4v) is 3.50. The minimum absolute atomic E-state index is 0.325. The number of fused-ring (bicyclic) bond motifs is 1. The van der Waals surface area contributed by atoms with Crippen molar-refractivity contribution in [2.45, 2.75) is 0 Å². The quantitative estimate of drug-likeness (QED) is 0.664. The number of halogens is 2. The summed E-state index contributed by atoms with van der Waals surface area (Å²) >= 11 is 7.37. The van der Waals surface area contributed by atoms with E-state index in [4.69, 9.17) is 18.0 Å². The van der Waals surface area contributed by atoms with Gasteiger partial charge in [0.05, 0.1) is 5.02 Å². The molecule has 5 heteroatoms. The van der Waals surface area contributed by atoms with Crippen molar-refractivity contribution in [3.05, 3.63) is 63.7 Å². The SMILES string of the molecule is C#Cc1cccc(NC(=O)c2sc3cc(F)ccc3c2Cl)c1. The lowest BCUT2D eigenvalue weighted by molar-refractivity contribution is 0.103. The van der Waals surface area contributed by atoms with Gasteiger partial charge in [-0.15, -0.1) is 17.8 Å². The number of carbonyl (C=O) groups excluding carboxylic acids is 1. The number of hydrogen-bond donors (Lipinski definition) is 1. The third-order valence-corrected chi connectivity index (χ3v) is 4.74. The molecule has 0 fully saturated rings. The van der Waals surface area contributed by atoms with Crippen LogP contribution in [-0.4, -0.2) is 5.91 Å². The average Bonchev–Trinajstić information content (AvgIpc) is 2.84. The van der Waals surface area contributed by atoms with Crippen molar-refractivity contribution in [1.29, 1.82) is 0 Å². The van der Waals surface area contributed by atoms with Gasteiger partial charge in [-0.25, -0.2) is 4.39 Å². The number of amides is 1. The highest BCUT2D eigenvalue weighted by molar-refractivity contribution is 7.21. The molecule has 0 aliphatic rings. The largest absolute Gasteiger partial charge is 0.321 e. The van der Waals surface area contributed by atoms with Crippen LogP contribution in [0.15, 0.2) is 42.5 Å². The lowest BCUT2D eigenvalue weighted by atomic mass is 10.2. The summed E-state index contributed by atoms with van der Waals surface area (Å²) in [7, 11) is 0. The molecule has 2 nitrogen and oxygen atoms in total. The van der Waals surface area contributed by atoms with Gasteiger partial charge in [0, 0.05) is 21.3 Å². The lowest BCUT2D eigenvalue weighted by Crippen LogP contribution is -2.10. The first-order valence-electron chi connectivity index (χ1n) is 6.34. The fraction of sp³-hybridized carbons (Fsp3) is 0. The van der Waals surface area contributed by atoms with Crippen LogP contribution in [0.5, 0.6) is 0 Å². The van der Waals surface area contributed by atoms with Crippen molar-refractivity contribution in [1.82, 2.24) is 0 Å². The predicted molar refractivity (Wildman–Crippen MR) is 89.1 cm³/mol. The Morgan fingerprint density at radius 2 is 2.09 bits per heavy atom. The van der Waals surface area contributed by atoms with Crippen LogP contribution < -0.4 is 5.32 Å². The van der Waals surface area contributed by atoms with Crippen molar-refractivity contribution < 1.29 is 9.18 Å². The number of anilines is 1. The Morgan fingerprint density at radius 1 is 1.27 bits per heavy atom. The van der Waals surface area contributed by atoms with E-state index >= 15 is 0 Å². The van der Waals surface area contributed by atoms with E-state index in [0.29, 0.717) is 31.2 Å². The van der Waals surface area contributed by atoms with Crippen LogP contribution in [0.1, 0.15) is 15.2 Å². The Morgan fingerprint density at radius 3 is 2.86 bits per heavy atom. The maximum Gasteiger partial charge on any atom is 0.267 e. The van der Waals surface area contributed by atoms with Gasteiger partial charge >= 0.3 is 0 Å². The fourth-order valence-electron chi connectivity index (χ4n) is 2.06. The third-order valence-electron chi connectivity index (χ3n) is 3.08. The molecule has 1 amide bonds. The van der Waals surface area contributed by atoms with E-state index in [0.717, 1.165) is 11.3 Å². The number of thiophene rings is 1. The number of nitrogens with one attached hydrogen (secondary N) is 1. The Hall–Kier alpha value is -2.35. The van der Waals surface area contributed by atoms with Crippen molar-refractivity contribution in [3.8, 4) is 12.3 Å². The molecular weight excluding hydrogens is 321 g/mol. The Bertz CT molecular complexity index is 926. The molecule has 0 saturated carbocycles. The smallest absolute Gasteiger partial charge is 0.267 e. The number of terminal acetylenes is 1. The first kappa shape index (κ1) is 14.6. The lowest BCUT2D eigenvalue weighted by Gasteiger charge is -2.04. The second-order valence-electron chi connectivity index (χ2n) is 4.56. The van der Waals surface area contributed by atoms with Crippen LogP contribution in [0.2, 0.25) is 5.02 Å². The number of hydrogen-bond acceptors (Lipinski definition) is 2. The summed E-state index contributed by atoms with van der Waals surface area (Å²) in [6.45, 7) is 0. The van der Waals surface area contributed by atoms with Gasteiger partial charge in [0.25, 0.3) is 5.91 Å². The molecule has 0 unspecified atom stereocenters. The minimum Gasteiger partial charge on any atom is -0.321 e. The van der Waals surface area contributed by atoms with E-state index < -0.39 is 0 Å². The zero-order valence-electron chi connectivity index (χ0n) is 11.2. The highest BCUT2D eigenvalue weighted by Gasteiger charge is 2.17. The Labute approximate surface area is 135 Å².